The Labute approximate surface area is 144 Å². The molecule has 1 saturated heterocycles. The first-order valence-corrected chi connectivity index (χ1v) is 8.72. The molecule has 0 atom stereocenters. The van der Waals surface area contributed by atoms with Crippen molar-refractivity contribution in [3.63, 3.8) is 0 Å². The van der Waals surface area contributed by atoms with Crippen molar-refractivity contribution in [2.24, 2.45) is 0 Å². The Morgan fingerprint density at radius 3 is 2.75 bits per heavy atom. The summed E-state index contributed by atoms with van der Waals surface area (Å²) in [7, 11) is 0. The van der Waals surface area contributed by atoms with Gasteiger partial charge in [-0.3, -0.25) is 4.68 Å². The summed E-state index contributed by atoms with van der Waals surface area (Å²) in [6.07, 6.45) is 8.13. The highest BCUT2D eigenvalue weighted by Gasteiger charge is 2.25. The predicted octanol–water partition coefficient (Wildman–Crippen LogP) is 2.01. The van der Waals surface area contributed by atoms with E-state index < -0.39 is 0 Å². The second kappa shape index (κ2) is 5.46. The first kappa shape index (κ1) is 14.2. The lowest BCUT2D eigenvalue weighted by molar-refractivity contribution is 0.585. The number of rotatable bonds is 3. The van der Waals surface area contributed by atoms with Crippen molar-refractivity contribution in [3.8, 4) is 5.69 Å². The van der Waals surface area contributed by atoms with Crippen molar-refractivity contribution in [3.05, 3.63) is 29.7 Å². The molecule has 0 bridgehead atoms. The Bertz CT molecular complexity index is 889. The number of nitrogens with one attached hydrogen (secondary N) is 1. The molecule has 3 aromatic heterocycles. The van der Waals surface area contributed by atoms with E-state index >= 15 is 0 Å². The van der Waals surface area contributed by atoms with Crippen molar-refractivity contribution in [2.75, 3.05) is 31.1 Å². The highest BCUT2D eigenvalue weighted by molar-refractivity contribution is 6.33. The van der Waals surface area contributed by atoms with Crippen molar-refractivity contribution >= 4 is 28.5 Å². The van der Waals surface area contributed by atoms with Crippen molar-refractivity contribution in [1.29, 1.82) is 0 Å². The van der Waals surface area contributed by atoms with Gasteiger partial charge in [0.2, 0.25) is 0 Å². The van der Waals surface area contributed by atoms with E-state index in [1.54, 1.807) is 0 Å². The molecule has 124 valence electrons. The number of piperazine rings is 1. The summed E-state index contributed by atoms with van der Waals surface area (Å²) in [5.74, 6) is 0.835. The number of aromatic nitrogens is 5. The minimum atomic E-state index is 0.555. The normalized spacial score (nSPS) is 18.5. The van der Waals surface area contributed by atoms with Crippen LogP contribution in [0.1, 0.15) is 18.9 Å². The van der Waals surface area contributed by atoms with Crippen LogP contribution >= 0.6 is 11.6 Å². The number of hydrogen-bond donors (Lipinski definition) is 1. The molecule has 2 fully saturated rings. The third-order valence-electron chi connectivity index (χ3n) is 4.65. The smallest absolute Gasteiger partial charge is 0.165 e. The first-order chi connectivity index (χ1) is 11.8. The Hall–Kier alpha value is -2.12. The van der Waals surface area contributed by atoms with Gasteiger partial charge in [0.15, 0.2) is 5.65 Å². The Morgan fingerprint density at radius 1 is 1.12 bits per heavy atom. The number of halogens is 1. The SMILES string of the molecule is Clc1cc2cnn(-c3cnn(C4CC4)c3)c2nc1N1CCNCC1. The second-order valence-corrected chi connectivity index (χ2v) is 6.82. The van der Waals surface area contributed by atoms with E-state index in [0.29, 0.717) is 11.1 Å². The maximum Gasteiger partial charge on any atom is 0.165 e. The summed E-state index contributed by atoms with van der Waals surface area (Å²) in [6.45, 7) is 3.71. The molecule has 2 aliphatic rings. The molecule has 7 nitrogen and oxygen atoms in total. The van der Waals surface area contributed by atoms with Crippen LogP contribution < -0.4 is 10.2 Å². The molecule has 1 aliphatic heterocycles. The van der Waals surface area contributed by atoms with Gasteiger partial charge in [-0.25, -0.2) is 9.67 Å². The van der Waals surface area contributed by atoms with Crippen LogP contribution in [-0.4, -0.2) is 50.7 Å². The van der Waals surface area contributed by atoms with Gasteiger partial charge in [-0.1, -0.05) is 11.6 Å². The molecule has 1 aliphatic carbocycles. The minimum absolute atomic E-state index is 0.555. The summed E-state index contributed by atoms with van der Waals surface area (Å²) >= 11 is 6.47. The van der Waals surface area contributed by atoms with Crippen LogP contribution in [0.5, 0.6) is 0 Å². The van der Waals surface area contributed by atoms with E-state index in [1.165, 1.54) is 12.8 Å². The molecule has 0 unspecified atom stereocenters. The van der Waals surface area contributed by atoms with Gasteiger partial charge in [0, 0.05) is 31.6 Å². The maximum absolute atomic E-state index is 6.47. The van der Waals surface area contributed by atoms with Crippen LogP contribution in [-0.2, 0) is 0 Å². The highest BCUT2D eigenvalue weighted by atomic mass is 35.5. The van der Waals surface area contributed by atoms with E-state index in [9.17, 15) is 0 Å². The zero-order valence-corrected chi connectivity index (χ0v) is 13.9. The molecule has 1 N–H and O–H groups in total. The predicted molar refractivity (Wildman–Crippen MR) is 93.0 cm³/mol. The minimum Gasteiger partial charge on any atom is -0.353 e. The highest BCUT2D eigenvalue weighted by Crippen LogP contribution is 2.35. The lowest BCUT2D eigenvalue weighted by Crippen LogP contribution is -2.44. The van der Waals surface area contributed by atoms with Crippen LogP contribution in [0, 0.1) is 0 Å². The van der Waals surface area contributed by atoms with Gasteiger partial charge in [0.05, 0.1) is 29.7 Å². The molecule has 8 heteroatoms. The average molecular weight is 344 g/mol. The number of anilines is 1. The van der Waals surface area contributed by atoms with Crippen LogP contribution in [0.2, 0.25) is 5.02 Å². The molecule has 3 aromatic rings. The standard InChI is InChI=1S/C16H18ClN7/c17-14-7-11-8-20-24(13-9-19-23(10-13)12-1-2-12)15(11)21-16(14)22-5-3-18-4-6-22/h7-10,12,18H,1-6H2. The van der Waals surface area contributed by atoms with Gasteiger partial charge >= 0.3 is 0 Å². The molecule has 1 saturated carbocycles. The largest absolute Gasteiger partial charge is 0.353 e. The van der Waals surface area contributed by atoms with Crippen LogP contribution in [0.25, 0.3) is 16.7 Å². The Kier molecular flexibility index (Phi) is 3.24. The second-order valence-electron chi connectivity index (χ2n) is 6.41. The van der Waals surface area contributed by atoms with E-state index in [1.807, 2.05) is 34.0 Å². The molecule has 0 radical (unpaired) electrons. The summed E-state index contributed by atoms with van der Waals surface area (Å²) in [4.78, 5) is 7.06. The fourth-order valence-electron chi connectivity index (χ4n) is 3.19. The number of fused-ring (bicyclic) bond motifs is 1. The third-order valence-corrected chi connectivity index (χ3v) is 4.93. The van der Waals surface area contributed by atoms with Gasteiger partial charge in [0.1, 0.15) is 11.5 Å². The van der Waals surface area contributed by atoms with Gasteiger partial charge in [0.25, 0.3) is 0 Å². The summed E-state index contributed by atoms with van der Waals surface area (Å²) in [6, 6.07) is 2.51. The molecule has 0 spiro atoms. The van der Waals surface area contributed by atoms with Crippen molar-refractivity contribution in [1.82, 2.24) is 29.9 Å². The van der Waals surface area contributed by atoms with Crippen LogP contribution in [0.15, 0.2) is 24.7 Å². The van der Waals surface area contributed by atoms with E-state index in [2.05, 4.69) is 20.4 Å². The lowest BCUT2D eigenvalue weighted by atomic mass is 10.3. The van der Waals surface area contributed by atoms with Crippen molar-refractivity contribution < 1.29 is 0 Å². The van der Waals surface area contributed by atoms with Gasteiger partial charge < -0.3 is 10.2 Å². The monoisotopic (exact) mass is 343 g/mol. The zero-order chi connectivity index (χ0) is 16.1. The van der Waals surface area contributed by atoms with Crippen molar-refractivity contribution in [2.45, 2.75) is 18.9 Å². The maximum atomic E-state index is 6.47. The zero-order valence-electron chi connectivity index (χ0n) is 13.2. The fourth-order valence-corrected chi connectivity index (χ4v) is 3.47. The first-order valence-electron chi connectivity index (χ1n) is 8.34. The molecule has 24 heavy (non-hydrogen) atoms. The molecule has 5 rings (SSSR count). The number of pyridine rings is 1. The molecule has 0 amide bonds. The van der Waals surface area contributed by atoms with Crippen LogP contribution in [0.4, 0.5) is 5.82 Å². The number of nitrogens with zero attached hydrogens (tertiary/aromatic N) is 6. The van der Waals surface area contributed by atoms with E-state index in [0.717, 1.165) is 48.7 Å². The third kappa shape index (κ3) is 2.35. The number of hydrogen-bond acceptors (Lipinski definition) is 5. The summed E-state index contributed by atoms with van der Waals surface area (Å²) in [5.41, 5.74) is 1.77. The lowest BCUT2D eigenvalue weighted by Gasteiger charge is -2.29. The topological polar surface area (TPSA) is 63.8 Å². The quantitative estimate of drug-likeness (QED) is 0.788. The van der Waals surface area contributed by atoms with Crippen LogP contribution in [0.3, 0.4) is 0 Å². The van der Waals surface area contributed by atoms with E-state index in [4.69, 9.17) is 16.6 Å². The van der Waals surface area contributed by atoms with E-state index in [-0.39, 0.29) is 0 Å². The van der Waals surface area contributed by atoms with Gasteiger partial charge in [-0.05, 0) is 18.9 Å². The van der Waals surface area contributed by atoms with Gasteiger partial charge in [-0.15, -0.1) is 0 Å². The average Bonchev–Trinajstić information content (AvgIpc) is 3.20. The fraction of sp³-hybridized carbons (Fsp3) is 0.438. The molecule has 0 aromatic carbocycles. The summed E-state index contributed by atoms with van der Waals surface area (Å²) < 4.78 is 3.87. The summed E-state index contributed by atoms with van der Waals surface area (Å²) in [5, 5.41) is 13.9. The Balaban J connectivity index is 1.58. The van der Waals surface area contributed by atoms with Gasteiger partial charge in [-0.2, -0.15) is 10.2 Å². The Morgan fingerprint density at radius 2 is 1.96 bits per heavy atom. The molecular weight excluding hydrogens is 326 g/mol. The molecule has 4 heterocycles. The molecular formula is C16H18ClN7.